The molecule has 0 aliphatic heterocycles. The zero-order valence-electron chi connectivity index (χ0n) is 16.4. The minimum absolute atomic E-state index is 0.144. The number of hydrogen-bond donors (Lipinski definition) is 2. The molecule has 2 N–H and O–H groups in total. The van der Waals surface area contributed by atoms with E-state index in [1.165, 1.54) is 37.6 Å². The van der Waals surface area contributed by atoms with Crippen LogP contribution in [0.25, 0.3) is 0 Å². The average Bonchev–Trinajstić information content (AvgIpc) is 3.18. The van der Waals surface area contributed by atoms with E-state index in [0.29, 0.717) is 4.68 Å². The molecule has 32 heavy (non-hydrogen) atoms. The minimum Gasteiger partial charge on any atom is -0.481 e. The summed E-state index contributed by atoms with van der Waals surface area (Å²) in [7, 11) is 1.39. The van der Waals surface area contributed by atoms with E-state index >= 15 is 0 Å². The average molecular weight is 474 g/mol. The number of aliphatic hydroxyl groups is 1. The van der Waals surface area contributed by atoms with Crippen LogP contribution in [0.4, 0.5) is 33.7 Å². The van der Waals surface area contributed by atoms with Crippen LogP contribution in [-0.4, -0.2) is 33.0 Å². The molecule has 2 aromatic heterocycles. The summed E-state index contributed by atoms with van der Waals surface area (Å²) in [5.41, 5.74) is -0.948. The van der Waals surface area contributed by atoms with Crippen molar-refractivity contribution in [3.8, 4) is 5.88 Å². The number of halogens is 5. The standard InChI is InChI=1S/C19H16ClF4N5O3/c1-32-17-5-3-13(8-25-17)28(18(31)26-11-2-4-15(21)14(20)6-11)9-12-7-16(19(22,23)24)29(10-30)27-12/h2-8,30H,9-10H2,1H3,(H,26,31). The number of benzene rings is 1. The van der Waals surface area contributed by atoms with Crippen LogP contribution >= 0.6 is 11.6 Å². The van der Waals surface area contributed by atoms with Crippen molar-refractivity contribution in [2.45, 2.75) is 19.5 Å². The van der Waals surface area contributed by atoms with Crippen molar-refractivity contribution in [1.29, 1.82) is 0 Å². The van der Waals surface area contributed by atoms with Gasteiger partial charge in [-0.25, -0.2) is 18.9 Å². The molecule has 2 amide bonds. The van der Waals surface area contributed by atoms with Crippen molar-refractivity contribution in [2.24, 2.45) is 0 Å². The number of pyridine rings is 1. The normalized spacial score (nSPS) is 11.3. The lowest BCUT2D eigenvalue weighted by atomic mass is 10.3. The van der Waals surface area contributed by atoms with Gasteiger partial charge in [0.15, 0.2) is 0 Å². The second-order valence-corrected chi connectivity index (χ2v) is 6.77. The van der Waals surface area contributed by atoms with E-state index in [4.69, 9.17) is 16.3 Å². The van der Waals surface area contributed by atoms with Crippen LogP contribution in [0.2, 0.25) is 5.02 Å². The molecule has 2 heterocycles. The number of rotatable bonds is 6. The molecule has 0 aliphatic rings. The van der Waals surface area contributed by atoms with Gasteiger partial charge < -0.3 is 15.2 Å². The quantitative estimate of drug-likeness (QED) is 0.521. The summed E-state index contributed by atoms with van der Waals surface area (Å²) in [6.45, 7) is -1.40. The Morgan fingerprint density at radius 3 is 2.56 bits per heavy atom. The smallest absolute Gasteiger partial charge is 0.433 e. The number of hydrogen-bond acceptors (Lipinski definition) is 5. The number of carbonyl (C=O) groups is 1. The van der Waals surface area contributed by atoms with Gasteiger partial charge >= 0.3 is 12.2 Å². The number of carbonyl (C=O) groups excluding carboxylic acids is 1. The summed E-state index contributed by atoms with van der Waals surface area (Å²) < 4.78 is 58.3. The first-order chi connectivity index (χ1) is 15.1. The molecule has 0 aliphatic carbocycles. The van der Waals surface area contributed by atoms with Crippen LogP contribution in [0, 0.1) is 5.82 Å². The van der Waals surface area contributed by atoms with E-state index in [1.54, 1.807) is 0 Å². The highest BCUT2D eigenvalue weighted by atomic mass is 35.5. The summed E-state index contributed by atoms with van der Waals surface area (Å²) >= 11 is 5.73. The number of nitrogens with zero attached hydrogens (tertiary/aromatic N) is 4. The van der Waals surface area contributed by atoms with Crippen molar-refractivity contribution in [3.63, 3.8) is 0 Å². The highest BCUT2D eigenvalue weighted by Crippen LogP contribution is 2.30. The van der Waals surface area contributed by atoms with Gasteiger partial charge in [-0.1, -0.05) is 11.6 Å². The van der Waals surface area contributed by atoms with E-state index in [0.717, 1.165) is 17.0 Å². The zero-order valence-corrected chi connectivity index (χ0v) is 17.2. The first-order valence-electron chi connectivity index (χ1n) is 8.90. The third-order valence-corrected chi connectivity index (χ3v) is 4.52. The molecular formula is C19H16ClF4N5O3. The summed E-state index contributed by atoms with van der Waals surface area (Å²) in [6, 6.07) is 6.38. The Kier molecular flexibility index (Phi) is 6.84. The molecule has 0 spiro atoms. The number of alkyl halides is 3. The lowest BCUT2D eigenvalue weighted by molar-refractivity contribution is -0.146. The van der Waals surface area contributed by atoms with Gasteiger partial charge in [-0.2, -0.15) is 18.3 Å². The molecule has 3 aromatic rings. The van der Waals surface area contributed by atoms with Gasteiger partial charge in [0.05, 0.1) is 36.3 Å². The lowest BCUT2D eigenvalue weighted by Gasteiger charge is -2.22. The predicted molar refractivity (Wildman–Crippen MR) is 107 cm³/mol. The fourth-order valence-electron chi connectivity index (χ4n) is 2.74. The second-order valence-electron chi connectivity index (χ2n) is 6.36. The Bertz CT molecular complexity index is 1110. The Morgan fingerprint density at radius 1 is 1.28 bits per heavy atom. The SMILES string of the molecule is COc1ccc(N(Cc2cc(C(F)(F)F)n(CO)n2)C(=O)Nc2ccc(F)c(Cl)c2)cn1. The van der Waals surface area contributed by atoms with Crippen LogP contribution in [0.15, 0.2) is 42.6 Å². The number of nitrogens with one attached hydrogen (secondary N) is 1. The summed E-state index contributed by atoms with van der Waals surface area (Å²) in [4.78, 5) is 18.0. The number of aliphatic hydroxyl groups excluding tert-OH is 1. The number of ether oxygens (including phenoxy) is 1. The van der Waals surface area contributed by atoms with E-state index < -0.39 is 37.0 Å². The Balaban J connectivity index is 1.94. The molecular weight excluding hydrogens is 458 g/mol. The monoisotopic (exact) mass is 473 g/mol. The molecule has 0 radical (unpaired) electrons. The number of methoxy groups -OCH3 is 1. The number of amides is 2. The summed E-state index contributed by atoms with van der Waals surface area (Å²) in [5.74, 6) is -0.432. The summed E-state index contributed by atoms with van der Waals surface area (Å²) in [5, 5.41) is 15.2. The molecule has 13 heteroatoms. The van der Waals surface area contributed by atoms with Gasteiger partial charge in [0.2, 0.25) is 5.88 Å². The summed E-state index contributed by atoms with van der Waals surface area (Å²) in [6.07, 6.45) is -3.47. The topological polar surface area (TPSA) is 92.5 Å². The minimum atomic E-state index is -4.76. The van der Waals surface area contributed by atoms with Crippen molar-refractivity contribution in [1.82, 2.24) is 14.8 Å². The van der Waals surface area contributed by atoms with Crippen LogP contribution in [0.1, 0.15) is 11.4 Å². The van der Waals surface area contributed by atoms with E-state index in [-0.39, 0.29) is 28.0 Å². The Morgan fingerprint density at radius 2 is 2.03 bits per heavy atom. The maximum Gasteiger partial charge on any atom is 0.433 e. The van der Waals surface area contributed by atoms with Crippen LogP contribution in [-0.2, 0) is 19.5 Å². The van der Waals surface area contributed by atoms with Crippen LogP contribution in [0.3, 0.4) is 0 Å². The molecule has 3 rings (SSSR count). The van der Waals surface area contributed by atoms with Crippen molar-refractivity contribution in [3.05, 3.63) is 64.8 Å². The van der Waals surface area contributed by atoms with Gasteiger partial charge in [-0.15, -0.1) is 0 Å². The number of urea groups is 1. The van der Waals surface area contributed by atoms with Gasteiger partial charge in [0.1, 0.15) is 18.2 Å². The number of aromatic nitrogens is 3. The van der Waals surface area contributed by atoms with Crippen molar-refractivity contribution >= 4 is 29.0 Å². The first-order valence-corrected chi connectivity index (χ1v) is 9.28. The van der Waals surface area contributed by atoms with E-state index in [1.807, 2.05) is 0 Å². The zero-order chi connectivity index (χ0) is 23.5. The van der Waals surface area contributed by atoms with Gasteiger partial charge in [-0.3, -0.25) is 4.90 Å². The Hall–Kier alpha value is -3.38. The van der Waals surface area contributed by atoms with Gasteiger partial charge in [0.25, 0.3) is 0 Å². The van der Waals surface area contributed by atoms with Crippen molar-refractivity contribution < 1.29 is 32.2 Å². The predicted octanol–water partition coefficient (Wildman–Crippen LogP) is 4.29. The van der Waals surface area contributed by atoms with Crippen molar-refractivity contribution in [2.75, 3.05) is 17.3 Å². The van der Waals surface area contributed by atoms with Crippen LogP contribution < -0.4 is 15.0 Å². The van der Waals surface area contributed by atoms with E-state index in [9.17, 15) is 27.5 Å². The molecule has 1 aromatic carbocycles. The van der Waals surface area contributed by atoms with E-state index in [2.05, 4.69) is 15.4 Å². The van der Waals surface area contributed by atoms with Crippen LogP contribution in [0.5, 0.6) is 5.88 Å². The molecule has 8 nitrogen and oxygen atoms in total. The molecule has 0 saturated carbocycles. The second kappa shape index (κ2) is 9.40. The third kappa shape index (κ3) is 5.26. The Labute approximate surface area is 184 Å². The van der Waals surface area contributed by atoms with Gasteiger partial charge in [0, 0.05) is 11.8 Å². The maximum atomic E-state index is 13.4. The largest absolute Gasteiger partial charge is 0.481 e. The highest BCUT2D eigenvalue weighted by molar-refractivity contribution is 6.31. The molecule has 0 saturated heterocycles. The maximum absolute atomic E-state index is 13.4. The molecule has 170 valence electrons. The number of anilines is 2. The molecule has 0 unspecified atom stereocenters. The molecule has 0 bridgehead atoms. The molecule has 0 fully saturated rings. The highest BCUT2D eigenvalue weighted by Gasteiger charge is 2.36. The fourth-order valence-corrected chi connectivity index (χ4v) is 2.92. The lowest BCUT2D eigenvalue weighted by Crippen LogP contribution is -2.34. The molecule has 0 atom stereocenters. The first kappa shape index (κ1) is 23.3. The van der Waals surface area contributed by atoms with Gasteiger partial charge in [-0.05, 0) is 30.3 Å². The fraction of sp³-hybridized carbons (Fsp3) is 0.211. The third-order valence-electron chi connectivity index (χ3n) is 4.23.